The number of carbonyl (C=O) groups excluding carboxylic acids is 1. The van der Waals surface area contributed by atoms with Gasteiger partial charge in [0.1, 0.15) is 6.54 Å². The van der Waals surface area contributed by atoms with Crippen LogP contribution in [-0.2, 0) is 14.8 Å². The molecule has 0 spiro atoms. The van der Waals surface area contributed by atoms with Crippen LogP contribution >= 0.6 is 23.2 Å². The first kappa shape index (κ1) is 19.9. The van der Waals surface area contributed by atoms with E-state index in [1.54, 1.807) is 0 Å². The Morgan fingerprint density at radius 3 is 2.46 bits per heavy atom. The minimum absolute atomic E-state index is 0.0653. The molecule has 2 rings (SSSR count). The number of nitrogens with zero attached hydrogens (tertiary/aromatic N) is 2. The number of amides is 1. The summed E-state index contributed by atoms with van der Waals surface area (Å²) in [5.41, 5.74) is 1.08. The summed E-state index contributed by atoms with van der Waals surface area (Å²) in [6, 6.07) is 8.67. The van der Waals surface area contributed by atoms with E-state index in [1.807, 2.05) is 5.43 Å². The molecule has 0 aliphatic heterocycles. The summed E-state index contributed by atoms with van der Waals surface area (Å²) in [4.78, 5) is 21.5. The van der Waals surface area contributed by atoms with Gasteiger partial charge in [0.15, 0.2) is 4.90 Å². The van der Waals surface area contributed by atoms with Gasteiger partial charge in [-0.2, -0.15) is 0 Å². The number of rotatable bonds is 6. The minimum Gasteiger partial charge on any atom is -0.293 e. The van der Waals surface area contributed by atoms with E-state index in [2.05, 4.69) is 0 Å². The lowest BCUT2D eigenvalue weighted by molar-refractivity contribution is -0.387. The van der Waals surface area contributed by atoms with Gasteiger partial charge in [-0.3, -0.25) is 24.6 Å². The van der Waals surface area contributed by atoms with E-state index in [0.717, 1.165) is 12.1 Å². The molecule has 2 aromatic rings. The number of para-hydroxylation sites is 1. The third kappa shape index (κ3) is 4.05. The van der Waals surface area contributed by atoms with E-state index in [-0.39, 0.29) is 15.7 Å². The molecule has 0 aliphatic carbocycles. The Bertz CT molecular complexity index is 968. The number of anilines is 1. The van der Waals surface area contributed by atoms with Gasteiger partial charge in [0.25, 0.3) is 21.6 Å². The topological polar surface area (TPSA) is 136 Å². The lowest BCUT2D eigenvalue weighted by Gasteiger charge is -2.24. The summed E-state index contributed by atoms with van der Waals surface area (Å²) in [7, 11) is -4.52. The van der Waals surface area contributed by atoms with Crippen LogP contribution < -0.4 is 15.6 Å². The smallest absolute Gasteiger partial charge is 0.289 e. The number of nitrogens with one attached hydrogen (secondary N) is 1. The Morgan fingerprint density at radius 2 is 1.88 bits per heavy atom. The Morgan fingerprint density at radius 1 is 1.23 bits per heavy atom. The molecule has 0 heterocycles. The molecule has 9 nitrogen and oxygen atoms in total. The summed E-state index contributed by atoms with van der Waals surface area (Å²) in [5.74, 6) is 4.19. The van der Waals surface area contributed by atoms with Crippen LogP contribution in [0.25, 0.3) is 0 Å². The van der Waals surface area contributed by atoms with Gasteiger partial charge in [-0.05, 0) is 24.3 Å². The SMILES string of the molecule is NNC(=O)CN(c1ccc(Cl)cc1Cl)S(=O)(=O)c1ccccc1[N+](=O)[O-]. The largest absolute Gasteiger partial charge is 0.293 e. The number of benzene rings is 2. The monoisotopic (exact) mass is 418 g/mol. The Balaban J connectivity index is 2.68. The predicted octanol–water partition coefficient (Wildman–Crippen LogP) is 2.09. The number of nitrogens with two attached hydrogens (primary N) is 1. The van der Waals surface area contributed by atoms with Crippen molar-refractivity contribution in [3.05, 3.63) is 62.6 Å². The molecule has 0 unspecified atom stereocenters. The molecule has 0 saturated heterocycles. The molecule has 12 heteroatoms. The van der Waals surface area contributed by atoms with Crippen LogP contribution in [0.2, 0.25) is 10.0 Å². The molecule has 138 valence electrons. The van der Waals surface area contributed by atoms with Crippen LogP contribution in [0.15, 0.2) is 47.4 Å². The van der Waals surface area contributed by atoms with Crippen molar-refractivity contribution < 1.29 is 18.1 Å². The second-order valence-corrected chi connectivity index (χ2v) is 7.57. The first-order valence-electron chi connectivity index (χ1n) is 6.89. The highest BCUT2D eigenvalue weighted by Crippen LogP contribution is 2.34. The molecule has 0 radical (unpaired) electrons. The number of halogens is 2. The van der Waals surface area contributed by atoms with Crippen LogP contribution in [0.1, 0.15) is 0 Å². The van der Waals surface area contributed by atoms with Crippen LogP contribution in [-0.4, -0.2) is 25.8 Å². The standard InChI is InChI=1S/C14H12Cl2N4O5S/c15-9-5-6-11(10(16)7-9)19(8-14(21)18-17)26(24,25)13-4-2-1-3-12(13)20(22)23/h1-7H,8,17H2,(H,18,21). The molecule has 0 aromatic heterocycles. The lowest BCUT2D eigenvalue weighted by atomic mass is 10.3. The molecule has 0 aliphatic rings. The van der Waals surface area contributed by atoms with Crippen LogP contribution in [0.5, 0.6) is 0 Å². The summed E-state index contributed by atoms with van der Waals surface area (Å²) in [6.07, 6.45) is 0. The Kier molecular flexibility index (Phi) is 6.03. The maximum atomic E-state index is 13.1. The summed E-state index contributed by atoms with van der Waals surface area (Å²) < 4.78 is 26.7. The maximum Gasteiger partial charge on any atom is 0.289 e. The summed E-state index contributed by atoms with van der Waals surface area (Å²) in [6.45, 7) is -0.744. The van der Waals surface area contributed by atoms with E-state index in [1.165, 1.54) is 30.3 Å². The zero-order valence-electron chi connectivity index (χ0n) is 12.9. The fourth-order valence-corrected chi connectivity index (χ4v) is 4.26. The van der Waals surface area contributed by atoms with Crippen molar-refractivity contribution in [2.45, 2.75) is 4.90 Å². The normalized spacial score (nSPS) is 11.0. The molecule has 0 atom stereocenters. The number of hydrogen-bond donors (Lipinski definition) is 2. The van der Waals surface area contributed by atoms with E-state index in [0.29, 0.717) is 4.31 Å². The van der Waals surface area contributed by atoms with Crippen molar-refractivity contribution in [2.24, 2.45) is 5.84 Å². The number of carbonyl (C=O) groups is 1. The second kappa shape index (κ2) is 7.87. The van der Waals surface area contributed by atoms with Gasteiger partial charge in [-0.25, -0.2) is 14.3 Å². The van der Waals surface area contributed by atoms with Crippen molar-refractivity contribution in [3.8, 4) is 0 Å². The van der Waals surface area contributed by atoms with E-state index < -0.39 is 38.0 Å². The molecule has 3 N–H and O–H groups in total. The number of nitro groups is 1. The van der Waals surface area contributed by atoms with Gasteiger partial charge in [-0.15, -0.1) is 0 Å². The van der Waals surface area contributed by atoms with Gasteiger partial charge in [0.2, 0.25) is 0 Å². The first-order valence-corrected chi connectivity index (χ1v) is 9.08. The Labute approximate surface area is 158 Å². The predicted molar refractivity (Wildman–Crippen MR) is 96.4 cm³/mol. The summed E-state index contributed by atoms with van der Waals surface area (Å²) >= 11 is 11.9. The number of hydrogen-bond acceptors (Lipinski definition) is 6. The Hall–Kier alpha value is -2.40. The molecule has 0 saturated carbocycles. The average molecular weight is 419 g/mol. The molecule has 0 fully saturated rings. The van der Waals surface area contributed by atoms with Crippen molar-refractivity contribution >= 4 is 50.5 Å². The van der Waals surface area contributed by atoms with Gasteiger partial charge in [0.05, 0.1) is 15.6 Å². The average Bonchev–Trinajstić information content (AvgIpc) is 2.59. The van der Waals surface area contributed by atoms with Gasteiger partial charge >= 0.3 is 0 Å². The molecule has 0 bridgehead atoms. The zero-order valence-corrected chi connectivity index (χ0v) is 15.3. The number of sulfonamides is 1. The maximum absolute atomic E-state index is 13.1. The third-order valence-electron chi connectivity index (χ3n) is 3.26. The lowest BCUT2D eigenvalue weighted by Crippen LogP contribution is -2.43. The van der Waals surface area contributed by atoms with E-state index in [4.69, 9.17) is 29.0 Å². The fourth-order valence-electron chi connectivity index (χ4n) is 2.10. The van der Waals surface area contributed by atoms with Crippen LogP contribution in [0.3, 0.4) is 0 Å². The minimum atomic E-state index is -4.52. The van der Waals surface area contributed by atoms with Gasteiger partial charge in [-0.1, -0.05) is 35.3 Å². The van der Waals surface area contributed by atoms with Gasteiger partial charge in [0, 0.05) is 11.1 Å². The highest BCUT2D eigenvalue weighted by atomic mass is 35.5. The molecule has 1 amide bonds. The molecular weight excluding hydrogens is 407 g/mol. The second-order valence-electron chi connectivity index (χ2n) is 4.90. The molecular formula is C14H12Cl2N4O5S. The summed E-state index contributed by atoms with van der Waals surface area (Å²) in [5, 5.41) is 11.4. The van der Waals surface area contributed by atoms with E-state index in [9.17, 15) is 23.3 Å². The first-order chi connectivity index (χ1) is 12.2. The fraction of sp³-hybridized carbons (Fsp3) is 0.0714. The van der Waals surface area contributed by atoms with Crippen molar-refractivity contribution in [1.29, 1.82) is 0 Å². The highest BCUT2D eigenvalue weighted by Gasteiger charge is 2.33. The van der Waals surface area contributed by atoms with Crippen molar-refractivity contribution in [2.75, 3.05) is 10.8 Å². The van der Waals surface area contributed by atoms with Crippen LogP contribution in [0.4, 0.5) is 11.4 Å². The number of nitro benzene ring substituents is 1. The molecule has 2 aromatic carbocycles. The zero-order chi connectivity index (χ0) is 19.5. The molecule has 26 heavy (non-hydrogen) atoms. The van der Waals surface area contributed by atoms with Gasteiger partial charge < -0.3 is 0 Å². The third-order valence-corrected chi connectivity index (χ3v) is 5.60. The van der Waals surface area contributed by atoms with Crippen LogP contribution in [0, 0.1) is 10.1 Å². The number of hydrazine groups is 1. The van der Waals surface area contributed by atoms with Crippen molar-refractivity contribution in [1.82, 2.24) is 5.43 Å². The highest BCUT2D eigenvalue weighted by molar-refractivity contribution is 7.93. The quantitative estimate of drug-likeness (QED) is 0.319. The van der Waals surface area contributed by atoms with E-state index >= 15 is 0 Å². The van der Waals surface area contributed by atoms with Crippen molar-refractivity contribution in [3.63, 3.8) is 0 Å².